The van der Waals surface area contributed by atoms with Crippen LogP contribution in [0.15, 0.2) is 28.7 Å². The average Bonchev–Trinajstić information content (AvgIpc) is 3.05. The molecule has 1 fully saturated rings. The maximum Gasteiger partial charge on any atom is 0.341 e. The van der Waals surface area contributed by atoms with Crippen LogP contribution in [0.3, 0.4) is 0 Å². The van der Waals surface area contributed by atoms with Gasteiger partial charge >= 0.3 is 5.97 Å². The van der Waals surface area contributed by atoms with E-state index in [2.05, 4.69) is 10.2 Å². The maximum atomic E-state index is 11.9. The molecule has 0 atom stereocenters. The van der Waals surface area contributed by atoms with Crippen molar-refractivity contribution in [3.63, 3.8) is 0 Å². The van der Waals surface area contributed by atoms with Crippen LogP contribution >= 0.6 is 11.6 Å². The molecule has 6 nitrogen and oxygen atoms in total. The number of likely N-dealkylation sites (tertiary alicyclic amines) is 1. The van der Waals surface area contributed by atoms with E-state index in [0.29, 0.717) is 35.5 Å². The molecule has 3 rings (SSSR count). The van der Waals surface area contributed by atoms with Crippen molar-refractivity contribution >= 4 is 17.6 Å². The number of phenols is 1. The summed E-state index contributed by atoms with van der Waals surface area (Å²) in [5.74, 6) is 1.13. The van der Waals surface area contributed by atoms with E-state index in [1.807, 2.05) is 12.1 Å². The number of aromatic hydroxyl groups is 1. The van der Waals surface area contributed by atoms with Crippen molar-refractivity contribution in [2.24, 2.45) is 0 Å². The second kappa shape index (κ2) is 9.45. The van der Waals surface area contributed by atoms with Crippen LogP contribution in [0.1, 0.15) is 47.2 Å². The maximum absolute atomic E-state index is 11.9. The zero-order valence-electron chi connectivity index (χ0n) is 16.3. The van der Waals surface area contributed by atoms with Gasteiger partial charge in [0.1, 0.15) is 22.8 Å². The van der Waals surface area contributed by atoms with Gasteiger partial charge in [0.05, 0.1) is 18.2 Å². The minimum Gasteiger partial charge on any atom is -0.506 e. The highest BCUT2D eigenvalue weighted by molar-refractivity contribution is 6.32. The van der Waals surface area contributed by atoms with Gasteiger partial charge in [-0.05, 0) is 63.5 Å². The van der Waals surface area contributed by atoms with Crippen LogP contribution in [-0.2, 0) is 17.8 Å². The Labute approximate surface area is 170 Å². The molecule has 0 aliphatic carbocycles. The second-order valence-electron chi connectivity index (χ2n) is 7.12. The van der Waals surface area contributed by atoms with Crippen molar-refractivity contribution in [1.82, 2.24) is 10.2 Å². The predicted octanol–water partition coefficient (Wildman–Crippen LogP) is 3.88. The molecule has 0 radical (unpaired) electrons. The highest BCUT2D eigenvalue weighted by atomic mass is 35.5. The van der Waals surface area contributed by atoms with Gasteiger partial charge in [0, 0.05) is 12.6 Å². The minimum absolute atomic E-state index is 0.118. The lowest BCUT2D eigenvalue weighted by Gasteiger charge is -2.32. The number of rotatable bonds is 7. The lowest BCUT2D eigenvalue weighted by Crippen LogP contribution is -2.41. The number of carbonyl (C=O) groups is 1. The number of halogens is 1. The highest BCUT2D eigenvalue weighted by Crippen LogP contribution is 2.25. The molecule has 28 heavy (non-hydrogen) atoms. The third-order valence-corrected chi connectivity index (χ3v) is 5.34. The molecule has 2 aromatic rings. The number of ether oxygens (including phenoxy) is 1. The summed E-state index contributed by atoms with van der Waals surface area (Å²) in [5, 5.41) is 13.4. The molecule has 1 aromatic carbocycles. The number of carbonyl (C=O) groups excluding carboxylic acids is 1. The topological polar surface area (TPSA) is 74.9 Å². The number of phenolic OH excluding ortho intramolecular Hbond substituents is 1. The standard InChI is InChI=1S/C21H27ClN2O4/c1-3-27-21(26)18-11-17(28-14(18)2)12-23-16-6-8-24(9-7-16)13-15-4-5-20(25)19(22)10-15/h4-5,10-11,16,23,25H,3,6-9,12-13H2,1-2H3. The summed E-state index contributed by atoms with van der Waals surface area (Å²) in [6.07, 6.45) is 2.08. The molecule has 0 unspecified atom stereocenters. The Morgan fingerprint density at radius 1 is 1.36 bits per heavy atom. The Balaban J connectivity index is 1.45. The quantitative estimate of drug-likeness (QED) is 0.680. The third-order valence-electron chi connectivity index (χ3n) is 5.03. The van der Waals surface area contributed by atoms with Gasteiger partial charge in [-0.15, -0.1) is 0 Å². The van der Waals surface area contributed by atoms with Crippen molar-refractivity contribution in [3.05, 3.63) is 51.9 Å². The molecular formula is C21H27ClN2O4. The predicted molar refractivity (Wildman–Crippen MR) is 108 cm³/mol. The first kappa shape index (κ1) is 20.7. The van der Waals surface area contributed by atoms with Crippen molar-refractivity contribution in [3.8, 4) is 5.75 Å². The van der Waals surface area contributed by atoms with Gasteiger partial charge in [0.2, 0.25) is 0 Å². The Hall–Kier alpha value is -2.02. The van der Waals surface area contributed by atoms with E-state index in [0.717, 1.165) is 43.8 Å². The van der Waals surface area contributed by atoms with Gasteiger partial charge in [0.15, 0.2) is 0 Å². The number of nitrogens with zero attached hydrogens (tertiary/aromatic N) is 1. The Kier molecular flexibility index (Phi) is 6.99. The van der Waals surface area contributed by atoms with E-state index >= 15 is 0 Å². The summed E-state index contributed by atoms with van der Waals surface area (Å²) in [5.41, 5.74) is 1.60. The lowest BCUT2D eigenvalue weighted by molar-refractivity contribution is 0.0524. The van der Waals surface area contributed by atoms with Crippen LogP contribution in [0.2, 0.25) is 5.02 Å². The van der Waals surface area contributed by atoms with Crippen LogP contribution in [0.4, 0.5) is 0 Å². The fraction of sp³-hybridized carbons (Fsp3) is 0.476. The van der Waals surface area contributed by atoms with Gasteiger partial charge in [0.25, 0.3) is 0 Å². The van der Waals surface area contributed by atoms with Gasteiger partial charge < -0.3 is 19.6 Å². The molecule has 1 aliphatic heterocycles. The van der Waals surface area contributed by atoms with E-state index in [1.54, 1.807) is 26.0 Å². The van der Waals surface area contributed by atoms with Crippen LogP contribution in [-0.4, -0.2) is 41.7 Å². The van der Waals surface area contributed by atoms with Gasteiger partial charge in [-0.25, -0.2) is 4.79 Å². The molecule has 2 N–H and O–H groups in total. The van der Waals surface area contributed by atoms with E-state index in [-0.39, 0.29) is 11.7 Å². The van der Waals surface area contributed by atoms with Crippen LogP contribution in [0.25, 0.3) is 0 Å². The smallest absolute Gasteiger partial charge is 0.341 e. The fourth-order valence-corrected chi connectivity index (χ4v) is 3.69. The average molecular weight is 407 g/mol. The normalized spacial score (nSPS) is 15.7. The third kappa shape index (κ3) is 5.28. The van der Waals surface area contributed by atoms with Crippen LogP contribution in [0, 0.1) is 6.92 Å². The fourth-order valence-electron chi connectivity index (χ4n) is 3.49. The first-order chi connectivity index (χ1) is 13.5. The summed E-state index contributed by atoms with van der Waals surface area (Å²) in [6, 6.07) is 7.55. The summed E-state index contributed by atoms with van der Waals surface area (Å²) >= 11 is 5.99. The first-order valence-electron chi connectivity index (χ1n) is 9.65. The zero-order chi connectivity index (χ0) is 20.1. The Morgan fingerprint density at radius 2 is 2.11 bits per heavy atom. The molecule has 1 aliphatic rings. The van der Waals surface area contributed by atoms with E-state index in [1.165, 1.54) is 0 Å². The molecule has 0 spiro atoms. The van der Waals surface area contributed by atoms with Crippen molar-refractivity contribution in [2.45, 2.75) is 45.8 Å². The Bertz CT molecular complexity index is 813. The van der Waals surface area contributed by atoms with Crippen LogP contribution < -0.4 is 5.32 Å². The van der Waals surface area contributed by atoms with Gasteiger partial charge in [-0.3, -0.25) is 4.90 Å². The SMILES string of the molecule is CCOC(=O)c1cc(CNC2CCN(Cc3ccc(O)c(Cl)c3)CC2)oc1C. The molecular weight excluding hydrogens is 380 g/mol. The van der Waals surface area contributed by atoms with Gasteiger partial charge in [-0.2, -0.15) is 0 Å². The molecule has 0 amide bonds. The first-order valence-corrected chi connectivity index (χ1v) is 10.0. The number of hydrogen-bond donors (Lipinski definition) is 2. The summed E-state index contributed by atoms with van der Waals surface area (Å²) < 4.78 is 10.7. The molecule has 0 bridgehead atoms. The number of esters is 1. The number of hydrogen-bond acceptors (Lipinski definition) is 6. The van der Waals surface area contributed by atoms with Crippen molar-refractivity contribution in [2.75, 3.05) is 19.7 Å². The summed E-state index contributed by atoms with van der Waals surface area (Å²) in [7, 11) is 0. The van der Waals surface area contributed by atoms with E-state index < -0.39 is 0 Å². The molecule has 2 heterocycles. The summed E-state index contributed by atoms with van der Waals surface area (Å²) in [4.78, 5) is 14.3. The second-order valence-corrected chi connectivity index (χ2v) is 7.53. The number of piperidine rings is 1. The monoisotopic (exact) mass is 406 g/mol. The lowest BCUT2D eigenvalue weighted by atomic mass is 10.0. The number of furan rings is 1. The molecule has 1 aromatic heterocycles. The van der Waals surface area contributed by atoms with E-state index in [4.69, 9.17) is 20.8 Å². The summed E-state index contributed by atoms with van der Waals surface area (Å²) in [6.45, 7) is 7.32. The van der Waals surface area contributed by atoms with Crippen molar-refractivity contribution < 1.29 is 19.1 Å². The Morgan fingerprint density at radius 3 is 2.79 bits per heavy atom. The highest BCUT2D eigenvalue weighted by Gasteiger charge is 2.21. The molecule has 7 heteroatoms. The zero-order valence-corrected chi connectivity index (χ0v) is 17.1. The van der Waals surface area contributed by atoms with Gasteiger partial charge in [-0.1, -0.05) is 17.7 Å². The number of aryl methyl sites for hydroxylation is 1. The molecule has 1 saturated heterocycles. The van der Waals surface area contributed by atoms with Crippen molar-refractivity contribution in [1.29, 1.82) is 0 Å². The number of nitrogens with one attached hydrogen (secondary N) is 1. The molecule has 0 saturated carbocycles. The molecule has 152 valence electrons. The minimum atomic E-state index is -0.336. The van der Waals surface area contributed by atoms with Crippen LogP contribution in [0.5, 0.6) is 5.75 Å². The largest absolute Gasteiger partial charge is 0.506 e. The number of benzene rings is 1. The van der Waals surface area contributed by atoms with E-state index in [9.17, 15) is 9.90 Å².